The van der Waals surface area contributed by atoms with Gasteiger partial charge in [0.2, 0.25) is 11.9 Å². The lowest BCUT2D eigenvalue weighted by Gasteiger charge is -2.24. The molecule has 1 aromatic carbocycles. The molecule has 2 amide bonds. The van der Waals surface area contributed by atoms with Gasteiger partial charge in [-0.3, -0.25) is 19.7 Å². The average molecular weight is 510 g/mol. The number of hydrogen-bond acceptors (Lipinski definition) is 7. The fourth-order valence-electron chi connectivity index (χ4n) is 5.28. The van der Waals surface area contributed by atoms with E-state index in [1.54, 1.807) is 21.6 Å². The minimum absolute atomic E-state index is 0.102. The Morgan fingerprint density at radius 1 is 1.05 bits per heavy atom. The summed E-state index contributed by atoms with van der Waals surface area (Å²) in [5.41, 5.74) is 2.38. The van der Waals surface area contributed by atoms with Crippen LogP contribution in [0, 0.1) is 0 Å². The molecule has 7 rings (SSSR count). The molecule has 4 heterocycles. The van der Waals surface area contributed by atoms with Crippen LogP contribution in [0.25, 0.3) is 16.9 Å². The molecule has 10 nitrogen and oxygen atoms in total. The van der Waals surface area contributed by atoms with Crippen LogP contribution in [0.2, 0.25) is 0 Å². The maximum absolute atomic E-state index is 13.4. The molecule has 38 heavy (non-hydrogen) atoms. The van der Waals surface area contributed by atoms with Crippen molar-refractivity contribution in [2.24, 2.45) is 0 Å². The number of rotatable bonds is 4. The van der Waals surface area contributed by atoms with E-state index in [-0.39, 0.29) is 22.9 Å². The van der Waals surface area contributed by atoms with Crippen LogP contribution in [0.1, 0.15) is 74.1 Å². The molecule has 2 aliphatic carbocycles. The molecular formula is C28H27N7O3. The molecule has 0 saturated heterocycles. The van der Waals surface area contributed by atoms with Crippen molar-refractivity contribution in [3.63, 3.8) is 0 Å². The smallest absolute Gasteiger partial charge is 0.278 e. The SMILES string of the molecule is CC(C)(C)c1cccc(-n2c3nc(Nc4ccc5c(c4)C(=O)NC(=O)C54CC4)ncc3c(=O)n2C2CC2)n1. The minimum Gasteiger partial charge on any atom is -0.324 e. The average Bonchev–Trinajstić information content (AvgIpc) is 3.81. The molecule has 3 aliphatic rings. The molecule has 2 N–H and O–H groups in total. The van der Waals surface area contributed by atoms with Crippen LogP contribution in [0.4, 0.5) is 11.6 Å². The van der Waals surface area contributed by atoms with E-state index in [4.69, 9.17) is 9.97 Å². The molecule has 1 aliphatic heterocycles. The summed E-state index contributed by atoms with van der Waals surface area (Å²) in [6, 6.07) is 11.3. The first-order valence-electron chi connectivity index (χ1n) is 12.9. The van der Waals surface area contributed by atoms with E-state index in [1.807, 2.05) is 30.3 Å². The summed E-state index contributed by atoms with van der Waals surface area (Å²) in [5.74, 6) is 0.306. The van der Waals surface area contributed by atoms with Crippen LogP contribution >= 0.6 is 0 Å². The van der Waals surface area contributed by atoms with Gasteiger partial charge in [-0.2, -0.15) is 4.98 Å². The second-order valence-electron chi connectivity index (χ2n) is 11.5. The summed E-state index contributed by atoms with van der Waals surface area (Å²) >= 11 is 0. The Balaban J connectivity index is 1.32. The molecule has 3 aromatic heterocycles. The zero-order valence-corrected chi connectivity index (χ0v) is 21.4. The van der Waals surface area contributed by atoms with E-state index in [1.165, 1.54) is 0 Å². The van der Waals surface area contributed by atoms with Crippen molar-refractivity contribution in [3.8, 4) is 5.82 Å². The second-order valence-corrected chi connectivity index (χ2v) is 11.5. The van der Waals surface area contributed by atoms with Crippen molar-refractivity contribution < 1.29 is 9.59 Å². The highest BCUT2D eigenvalue weighted by atomic mass is 16.2. The molecule has 0 atom stereocenters. The van der Waals surface area contributed by atoms with Crippen molar-refractivity contribution in [2.45, 2.75) is 63.3 Å². The molecule has 0 unspecified atom stereocenters. The van der Waals surface area contributed by atoms with Crippen LogP contribution in [-0.2, 0) is 15.6 Å². The Bertz CT molecular complexity index is 1740. The van der Waals surface area contributed by atoms with E-state index in [0.717, 1.165) is 36.9 Å². The molecular weight excluding hydrogens is 482 g/mol. The molecule has 192 valence electrons. The fourth-order valence-corrected chi connectivity index (χ4v) is 5.28. The Kier molecular flexibility index (Phi) is 4.56. The Morgan fingerprint density at radius 2 is 1.84 bits per heavy atom. The zero-order chi connectivity index (χ0) is 26.4. The van der Waals surface area contributed by atoms with Crippen molar-refractivity contribution in [2.75, 3.05) is 5.32 Å². The number of benzene rings is 1. The first-order chi connectivity index (χ1) is 18.2. The van der Waals surface area contributed by atoms with E-state index in [2.05, 4.69) is 36.4 Å². The molecule has 10 heteroatoms. The van der Waals surface area contributed by atoms with Gasteiger partial charge in [-0.25, -0.2) is 19.3 Å². The van der Waals surface area contributed by atoms with Gasteiger partial charge in [0.15, 0.2) is 11.5 Å². The van der Waals surface area contributed by atoms with E-state index < -0.39 is 11.3 Å². The number of nitrogens with one attached hydrogen (secondary N) is 2. The first kappa shape index (κ1) is 22.8. The number of imide groups is 1. The van der Waals surface area contributed by atoms with Gasteiger partial charge in [-0.1, -0.05) is 32.9 Å². The normalized spacial score (nSPS) is 18.0. The van der Waals surface area contributed by atoms with Gasteiger partial charge in [0, 0.05) is 28.6 Å². The van der Waals surface area contributed by atoms with Crippen molar-refractivity contribution in [1.29, 1.82) is 0 Å². The Morgan fingerprint density at radius 3 is 2.55 bits per heavy atom. The van der Waals surface area contributed by atoms with Gasteiger partial charge in [0.05, 0.1) is 11.5 Å². The Hall–Kier alpha value is -4.34. The molecule has 2 saturated carbocycles. The van der Waals surface area contributed by atoms with E-state index >= 15 is 0 Å². The fraction of sp³-hybridized carbons (Fsp3) is 0.357. The number of anilines is 2. The van der Waals surface area contributed by atoms with Crippen LogP contribution in [-0.4, -0.2) is 36.1 Å². The highest BCUT2D eigenvalue weighted by Crippen LogP contribution is 2.51. The van der Waals surface area contributed by atoms with Gasteiger partial charge in [-0.15, -0.1) is 0 Å². The third kappa shape index (κ3) is 3.39. The monoisotopic (exact) mass is 509 g/mol. The topological polar surface area (TPSA) is 124 Å². The minimum atomic E-state index is -0.576. The standard InChI is InChI=1S/C28H27N7O3/c1-27(2,3)20-5-4-6-21(31-20)35-22-18(24(37)34(35)16-8-9-16)14-29-26(32-22)30-15-7-10-19-17(13-15)23(36)33-25(38)28(19)11-12-28/h4-7,10,13-14,16H,8-9,11-12H2,1-3H3,(H,29,30,32)(H,33,36,38). The number of aromatic nitrogens is 5. The molecule has 2 fully saturated rings. The van der Waals surface area contributed by atoms with Crippen molar-refractivity contribution in [3.05, 3.63) is 69.8 Å². The molecule has 0 bridgehead atoms. The molecule has 0 radical (unpaired) electrons. The van der Waals surface area contributed by atoms with Gasteiger partial charge >= 0.3 is 0 Å². The lowest BCUT2D eigenvalue weighted by atomic mass is 9.86. The predicted octanol–water partition coefficient (Wildman–Crippen LogP) is 3.65. The summed E-state index contributed by atoms with van der Waals surface area (Å²) < 4.78 is 3.55. The number of hydrogen-bond donors (Lipinski definition) is 2. The maximum Gasteiger partial charge on any atom is 0.278 e. The van der Waals surface area contributed by atoms with Crippen LogP contribution in [0.3, 0.4) is 0 Å². The predicted molar refractivity (Wildman–Crippen MR) is 141 cm³/mol. The van der Waals surface area contributed by atoms with Gasteiger partial charge < -0.3 is 5.32 Å². The second kappa shape index (κ2) is 7.59. The van der Waals surface area contributed by atoms with Crippen LogP contribution in [0.5, 0.6) is 0 Å². The largest absolute Gasteiger partial charge is 0.324 e. The summed E-state index contributed by atoms with van der Waals surface area (Å²) in [6.07, 6.45) is 4.88. The number of carbonyl (C=O) groups excluding carboxylic acids is 2. The Labute approximate surface area is 218 Å². The van der Waals surface area contributed by atoms with Gasteiger partial charge in [-0.05, 0) is 55.5 Å². The zero-order valence-electron chi connectivity index (χ0n) is 21.4. The lowest BCUT2D eigenvalue weighted by Crippen LogP contribution is -2.44. The van der Waals surface area contributed by atoms with Gasteiger partial charge in [0.25, 0.3) is 11.5 Å². The van der Waals surface area contributed by atoms with E-state index in [9.17, 15) is 14.4 Å². The van der Waals surface area contributed by atoms with E-state index in [0.29, 0.717) is 34.1 Å². The quantitative estimate of drug-likeness (QED) is 0.403. The first-order valence-corrected chi connectivity index (χ1v) is 12.9. The molecule has 4 aromatic rings. The highest BCUT2D eigenvalue weighted by molar-refractivity contribution is 6.14. The number of nitrogens with zero attached hydrogens (tertiary/aromatic N) is 5. The number of fused-ring (bicyclic) bond motifs is 3. The van der Waals surface area contributed by atoms with Crippen molar-refractivity contribution in [1.82, 2.24) is 29.6 Å². The van der Waals surface area contributed by atoms with Crippen LogP contribution < -0.4 is 16.2 Å². The summed E-state index contributed by atoms with van der Waals surface area (Å²) in [5, 5.41) is 6.09. The van der Waals surface area contributed by atoms with Crippen LogP contribution in [0.15, 0.2) is 47.4 Å². The summed E-state index contributed by atoms with van der Waals surface area (Å²) in [6.45, 7) is 6.31. The summed E-state index contributed by atoms with van der Waals surface area (Å²) in [4.78, 5) is 52.3. The van der Waals surface area contributed by atoms with Gasteiger partial charge in [0.1, 0.15) is 5.39 Å². The number of amides is 2. The van der Waals surface area contributed by atoms with Crippen molar-refractivity contribution >= 4 is 34.5 Å². The summed E-state index contributed by atoms with van der Waals surface area (Å²) in [7, 11) is 0. The third-order valence-corrected chi connectivity index (χ3v) is 7.68. The number of pyridine rings is 1. The molecule has 1 spiro atoms. The third-order valence-electron chi connectivity index (χ3n) is 7.68. The maximum atomic E-state index is 13.4. The highest BCUT2D eigenvalue weighted by Gasteiger charge is 2.55. The number of carbonyl (C=O) groups is 2. The lowest BCUT2D eigenvalue weighted by molar-refractivity contribution is -0.122.